The van der Waals surface area contributed by atoms with E-state index in [0.717, 1.165) is 4.57 Å². The van der Waals surface area contributed by atoms with Crippen LogP contribution in [0.3, 0.4) is 0 Å². The van der Waals surface area contributed by atoms with Gasteiger partial charge in [-0.3, -0.25) is 14.4 Å². The van der Waals surface area contributed by atoms with E-state index in [9.17, 15) is 18.3 Å². The number of aliphatic imine (C=N–C) groups is 1. The fourth-order valence-corrected chi connectivity index (χ4v) is 3.34. The number of hydrogen-bond donors (Lipinski definition) is 2. The molecule has 2 aromatic rings. The van der Waals surface area contributed by atoms with Crippen LogP contribution in [0.1, 0.15) is 16.7 Å². The number of nitrogens with zero attached hydrogens (tertiary/aromatic N) is 3. The number of nitriles is 1. The summed E-state index contributed by atoms with van der Waals surface area (Å²) in [6, 6.07) is 7.49. The van der Waals surface area contributed by atoms with Gasteiger partial charge in [-0.2, -0.15) is 5.26 Å². The SMILES string of the molecule is Cc1c(C=Nc2ccc(S(=O)(=O)CCO)cc2)c(O)n(C)c(=O)c1C#N. The van der Waals surface area contributed by atoms with Crippen molar-refractivity contribution in [2.75, 3.05) is 12.4 Å². The summed E-state index contributed by atoms with van der Waals surface area (Å²) >= 11 is 0. The van der Waals surface area contributed by atoms with Crippen molar-refractivity contribution in [2.45, 2.75) is 11.8 Å². The fourth-order valence-electron chi connectivity index (χ4n) is 2.31. The Labute approximate surface area is 150 Å². The molecule has 0 amide bonds. The Hall–Kier alpha value is -2.96. The van der Waals surface area contributed by atoms with E-state index in [4.69, 9.17) is 10.4 Å². The van der Waals surface area contributed by atoms with Crippen molar-refractivity contribution in [1.82, 2.24) is 4.57 Å². The van der Waals surface area contributed by atoms with E-state index in [1.807, 2.05) is 6.07 Å². The molecule has 2 rings (SSSR count). The number of aromatic nitrogens is 1. The molecule has 2 N–H and O–H groups in total. The number of pyridine rings is 1. The van der Waals surface area contributed by atoms with E-state index in [1.165, 1.54) is 44.5 Å². The molecule has 0 saturated heterocycles. The summed E-state index contributed by atoms with van der Waals surface area (Å²) in [6.45, 7) is 1.07. The van der Waals surface area contributed by atoms with Crippen molar-refractivity contribution in [1.29, 1.82) is 5.26 Å². The molecule has 26 heavy (non-hydrogen) atoms. The van der Waals surface area contributed by atoms with Crippen LogP contribution in [0.4, 0.5) is 5.69 Å². The van der Waals surface area contributed by atoms with Crippen LogP contribution in [0.25, 0.3) is 0 Å². The number of aromatic hydroxyl groups is 1. The number of benzene rings is 1. The van der Waals surface area contributed by atoms with E-state index < -0.39 is 22.0 Å². The Balaban J connectivity index is 2.42. The van der Waals surface area contributed by atoms with E-state index in [1.54, 1.807) is 0 Å². The minimum Gasteiger partial charge on any atom is -0.494 e. The number of aliphatic hydroxyl groups excluding tert-OH is 1. The molecular weight excluding hydrogens is 358 g/mol. The highest BCUT2D eigenvalue weighted by Gasteiger charge is 2.16. The molecule has 136 valence electrons. The summed E-state index contributed by atoms with van der Waals surface area (Å²) in [5.41, 5.74) is 0.258. The highest BCUT2D eigenvalue weighted by molar-refractivity contribution is 7.91. The first-order valence-corrected chi connectivity index (χ1v) is 9.18. The van der Waals surface area contributed by atoms with Crippen LogP contribution in [0.2, 0.25) is 0 Å². The van der Waals surface area contributed by atoms with Gasteiger partial charge in [-0.15, -0.1) is 0 Å². The van der Waals surface area contributed by atoms with Crippen molar-refractivity contribution >= 4 is 21.7 Å². The molecule has 1 aromatic carbocycles. The van der Waals surface area contributed by atoms with Crippen LogP contribution in [-0.2, 0) is 16.9 Å². The number of hydrogen-bond acceptors (Lipinski definition) is 7. The van der Waals surface area contributed by atoms with Crippen molar-refractivity contribution in [2.24, 2.45) is 12.0 Å². The van der Waals surface area contributed by atoms with E-state index in [0.29, 0.717) is 11.3 Å². The molecule has 1 heterocycles. The van der Waals surface area contributed by atoms with Crippen molar-refractivity contribution in [3.05, 3.63) is 51.3 Å². The van der Waals surface area contributed by atoms with Gasteiger partial charge >= 0.3 is 0 Å². The fraction of sp³-hybridized carbons (Fsp3) is 0.235. The van der Waals surface area contributed by atoms with Crippen LogP contribution in [0.5, 0.6) is 5.88 Å². The predicted molar refractivity (Wildman–Crippen MR) is 95.6 cm³/mol. The lowest BCUT2D eigenvalue weighted by atomic mass is 10.1. The maximum atomic E-state index is 11.9. The van der Waals surface area contributed by atoms with Gasteiger partial charge in [0.15, 0.2) is 9.84 Å². The second-order valence-electron chi connectivity index (χ2n) is 5.51. The predicted octanol–water partition coefficient (Wildman–Crippen LogP) is 0.788. The smallest absolute Gasteiger partial charge is 0.271 e. The molecule has 0 radical (unpaired) electrons. The lowest BCUT2D eigenvalue weighted by Gasteiger charge is -2.09. The summed E-state index contributed by atoms with van der Waals surface area (Å²) < 4.78 is 24.7. The van der Waals surface area contributed by atoms with Gasteiger partial charge in [0.25, 0.3) is 5.56 Å². The molecular formula is C17H17N3O5S. The number of rotatable bonds is 5. The van der Waals surface area contributed by atoms with Crippen molar-refractivity contribution < 1.29 is 18.6 Å². The van der Waals surface area contributed by atoms with Crippen LogP contribution >= 0.6 is 0 Å². The highest BCUT2D eigenvalue weighted by Crippen LogP contribution is 2.21. The van der Waals surface area contributed by atoms with Gasteiger partial charge in [-0.05, 0) is 36.8 Å². The van der Waals surface area contributed by atoms with Gasteiger partial charge in [0.2, 0.25) is 5.88 Å². The minimum absolute atomic E-state index is 0.0680. The zero-order valence-electron chi connectivity index (χ0n) is 14.2. The molecule has 0 atom stereocenters. The van der Waals surface area contributed by atoms with Crippen LogP contribution in [0, 0.1) is 18.3 Å². The van der Waals surface area contributed by atoms with Crippen molar-refractivity contribution in [3.8, 4) is 11.9 Å². The quantitative estimate of drug-likeness (QED) is 0.742. The Morgan fingerprint density at radius 2 is 1.92 bits per heavy atom. The molecule has 0 fully saturated rings. The van der Waals surface area contributed by atoms with Gasteiger partial charge in [-0.1, -0.05) is 0 Å². The Morgan fingerprint density at radius 3 is 2.46 bits per heavy atom. The van der Waals surface area contributed by atoms with Crippen LogP contribution in [-0.4, -0.2) is 41.8 Å². The highest BCUT2D eigenvalue weighted by atomic mass is 32.2. The average Bonchev–Trinajstić information content (AvgIpc) is 2.61. The third-order valence-corrected chi connectivity index (χ3v) is 5.58. The second kappa shape index (κ2) is 7.51. The minimum atomic E-state index is -3.54. The zero-order chi connectivity index (χ0) is 19.5. The summed E-state index contributed by atoms with van der Waals surface area (Å²) in [5, 5.41) is 28.0. The van der Waals surface area contributed by atoms with Gasteiger partial charge < -0.3 is 10.2 Å². The van der Waals surface area contributed by atoms with Gasteiger partial charge in [0.05, 0.1) is 28.5 Å². The zero-order valence-corrected chi connectivity index (χ0v) is 15.0. The molecule has 0 saturated carbocycles. The Morgan fingerprint density at radius 1 is 1.31 bits per heavy atom. The van der Waals surface area contributed by atoms with Crippen LogP contribution < -0.4 is 5.56 Å². The van der Waals surface area contributed by atoms with E-state index in [-0.39, 0.29) is 27.7 Å². The van der Waals surface area contributed by atoms with Gasteiger partial charge in [0.1, 0.15) is 11.6 Å². The number of sulfone groups is 1. The molecule has 0 spiro atoms. The average molecular weight is 375 g/mol. The largest absolute Gasteiger partial charge is 0.494 e. The van der Waals surface area contributed by atoms with Crippen molar-refractivity contribution in [3.63, 3.8) is 0 Å². The third kappa shape index (κ3) is 3.66. The third-order valence-electron chi connectivity index (χ3n) is 3.87. The first-order valence-electron chi connectivity index (χ1n) is 7.53. The van der Waals surface area contributed by atoms with E-state index >= 15 is 0 Å². The molecule has 9 heteroatoms. The molecule has 8 nitrogen and oxygen atoms in total. The molecule has 0 aliphatic rings. The standard InChI is InChI=1S/C17H17N3O5S/c1-11-14(9-18)16(22)20(2)17(23)15(11)10-19-12-3-5-13(6-4-12)26(24,25)8-7-21/h3-6,10,21,23H,7-8H2,1-2H3. The topological polar surface area (TPSA) is 133 Å². The van der Waals surface area contributed by atoms with Gasteiger partial charge in [0, 0.05) is 13.3 Å². The summed E-state index contributed by atoms with van der Waals surface area (Å²) in [5.74, 6) is -0.685. The second-order valence-corrected chi connectivity index (χ2v) is 7.62. The Kier molecular flexibility index (Phi) is 5.59. The molecule has 0 bridgehead atoms. The lowest BCUT2D eigenvalue weighted by Crippen LogP contribution is -2.22. The maximum Gasteiger partial charge on any atom is 0.271 e. The monoisotopic (exact) mass is 375 g/mol. The van der Waals surface area contributed by atoms with Gasteiger partial charge in [-0.25, -0.2) is 8.42 Å². The maximum absolute atomic E-state index is 11.9. The number of aliphatic hydroxyl groups is 1. The first-order chi connectivity index (χ1) is 12.2. The lowest BCUT2D eigenvalue weighted by molar-refractivity contribution is 0.319. The molecule has 0 unspecified atom stereocenters. The molecule has 0 aliphatic heterocycles. The summed E-state index contributed by atoms with van der Waals surface area (Å²) in [7, 11) is -2.20. The first kappa shape index (κ1) is 19.4. The van der Waals surface area contributed by atoms with Crippen LogP contribution in [0.15, 0.2) is 38.9 Å². The normalized spacial score (nSPS) is 11.6. The summed E-state index contributed by atoms with van der Waals surface area (Å²) in [4.78, 5) is 16.1. The molecule has 0 aliphatic carbocycles. The summed E-state index contributed by atoms with van der Waals surface area (Å²) in [6.07, 6.45) is 1.31. The van der Waals surface area contributed by atoms with E-state index in [2.05, 4.69) is 4.99 Å². The molecule has 1 aromatic heterocycles. The Bertz CT molecular complexity index is 1060.